The van der Waals surface area contributed by atoms with E-state index >= 15 is 0 Å². The highest BCUT2D eigenvalue weighted by Gasteiger charge is 2.39. The van der Waals surface area contributed by atoms with Crippen molar-refractivity contribution in [3.8, 4) is 5.75 Å². The van der Waals surface area contributed by atoms with Crippen LogP contribution in [0, 0.1) is 35.4 Å². The molecule has 3 fully saturated rings. The van der Waals surface area contributed by atoms with Gasteiger partial charge in [0.15, 0.2) is 11.6 Å². The van der Waals surface area contributed by atoms with Gasteiger partial charge in [-0.3, -0.25) is 0 Å². The van der Waals surface area contributed by atoms with Crippen molar-refractivity contribution in [3.05, 3.63) is 29.6 Å². The van der Waals surface area contributed by atoms with E-state index in [9.17, 15) is 17.6 Å². The molecule has 0 radical (unpaired) electrons. The average molecular weight is 413 g/mol. The van der Waals surface area contributed by atoms with E-state index in [0.29, 0.717) is 5.92 Å². The molecule has 0 saturated heterocycles. The molecule has 3 aliphatic rings. The summed E-state index contributed by atoms with van der Waals surface area (Å²) in [5.41, 5.74) is 0.818. The van der Waals surface area contributed by atoms with Gasteiger partial charge in [-0.15, -0.1) is 13.2 Å². The first-order valence-electron chi connectivity index (χ1n) is 11.3. The molecule has 162 valence electrons. The molecule has 0 spiro atoms. The molecular formula is C24H32F4O. The van der Waals surface area contributed by atoms with Crippen LogP contribution in [-0.4, -0.2) is 6.36 Å². The number of benzene rings is 1. The Hall–Kier alpha value is -1.26. The van der Waals surface area contributed by atoms with Crippen molar-refractivity contribution in [1.29, 1.82) is 0 Å². The molecule has 1 aromatic carbocycles. The molecule has 1 aromatic rings. The van der Waals surface area contributed by atoms with E-state index in [0.717, 1.165) is 54.6 Å². The van der Waals surface area contributed by atoms with Gasteiger partial charge in [0.1, 0.15) is 0 Å². The van der Waals surface area contributed by atoms with Gasteiger partial charge in [0.2, 0.25) is 0 Å². The molecule has 1 nitrogen and oxygen atoms in total. The summed E-state index contributed by atoms with van der Waals surface area (Å²) < 4.78 is 55.0. The standard InChI is InChI=1S/C24H32F4O/c1-15-2-4-16(5-3-15)17-6-7-19-13-20(9-8-18(19)12-17)21-10-11-23(22(25)14-21)29-24(26,27)28/h10-11,14-20H,2-9,12-13H2,1H3. The summed E-state index contributed by atoms with van der Waals surface area (Å²) in [5.74, 6) is 2.75. The number of ether oxygens (including phenoxy) is 1. The van der Waals surface area contributed by atoms with Crippen LogP contribution in [0.15, 0.2) is 18.2 Å². The van der Waals surface area contributed by atoms with Gasteiger partial charge in [-0.25, -0.2) is 4.39 Å². The first kappa shape index (κ1) is 21.0. The normalized spacial score (nSPS) is 35.8. The molecule has 0 heterocycles. The third-order valence-corrected chi connectivity index (χ3v) is 8.03. The Morgan fingerprint density at radius 1 is 0.793 bits per heavy atom. The third-order valence-electron chi connectivity index (χ3n) is 8.03. The van der Waals surface area contributed by atoms with E-state index < -0.39 is 17.9 Å². The van der Waals surface area contributed by atoms with Crippen molar-refractivity contribution in [2.45, 2.75) is 83.4 Å². The molecule has 3 saturated carbocycles. The maximum absolute atomic E-state index is 14.1. The van der Waals surface area contributed by atoms with Crippen molar-refractivity contribution in [2.75, 3.05) is 0 Å². The molecule has 4 unspecified atom stereocenters. The highest BCUT2D eigenvalue weighted by molar-refractivity contribution is 5.32. The fourth-order valence-electron chi connectivity index (χ4n) is 6.39. The zero-order valence-electron chi connectivity index (χ0n) is 17.2. The fraction of sp³-hybridized carbons (Fsp3) is 0.750. The zero-order valence-corrected chi connectivity index (χ0v) is 17.2. The van der Waals surface area contributed by atoms with Crippen molar-refractivity contribution in [3.63, 3.8) is 0 Å². The van der Waals surface area contributed by atoms with Gasteiger partial charge in [-0.1, -0.05) is 25.8 Å². The SMILES string of the molecule is CC1CCC(C2CCC3CC(c4ccc(OC(F)(F)F)c(F)c4)CCC3C2)CC1. The molecule has 4 rings (SSSR count). The van der Waals surface area contributed by atoms with E-state index in [1.54, 1.807) is 6.07 Å². The van der Waals surface area contributed by atoms with Crippen LogP contribution in [0.1, 0.15) is 82.6 Å². The summed E-state index contributed by atoms with van der Waals surface area (Å²) in [6.45, 7) is 2.37. The minimum atomic E-state index is -4.87. The molecule has 5 heteroatoms. The van der Waals surface area contributed by atoms with Gasteiger partial charge in [0.25, 0.3) is 0 Å². The quantitative estimate of drug-likeness (QED) is 0.459. The van der Waals surface area contributed by atoms with Gasteiger partial charge >= 0.3 is 6.36 Å². The molecule has 0 aliphatic heterocycles. The molecular weight excluding hydrogens is 380 g/mol. The number of hydrogen-bond donors (Lipinski definition) is 0. The molecule has 0 amide bonds. The lowest BCUT2D eigenvalue weighted by Crippen LogP contribution is -2.34. The predicted molar refractivity (Wildman–Crippen MR) is 105 cm³/mol. The number of fused-ring (bicyclic) bond motifs is 1. The minimum Gasteiger partial charge on any atom is -0.403 e. The summed E-state index contributed by atoms with van der Waals surface area (Å²) in [6.07, 6.45) is 7.85. The fourth-order valence-corrected chi connectivity index (χ4v) is 6.39. The second-order valence-corrected chi connectivity index (χ2v) is 9.86. The molecule has 0 aromatic heterocycles. The van der Waals surface area contributed by atoms with E-state index in [4.69, 9.17) is 0 Å². The molecule has 4 atom stereocenters. The van der Waals surface area contributed by atoms with E-state index in [-0.39, 0.29) is 5.92 Å². The highest BCUT2D eigenvalue weighted by atomic mass is 19.4. The van der Waals surface area contributed by atoms with Crippen molar-refractivity contribution in [2.24, 2.45) is 29.6 Å². The highest BCUT2D eigenvalue weighted by Crippen LogP contribution is 2.51. The number of alkyl halides is 3. The second kappa shape index (κ2) is 8.47. The molecule has 0 N–H and O–H groups in total. The van der Waals surface area contributed by atoms with Gasteiger partial charge in [0.05, 0.1) is 0 Å². The Morgan fingerprint density at radius 2 is 1.38 bits per heavy atom. The molecule has 29 heavy (non-hydrogen) atoms. The lowest BCUT2D eigenvalue weighted by atomic mass is 9.60. The van der Waals surface area contributed by atoms with E-state index in [2.05, 4.69) is 11.7 Å². The summed E-state index contributed by atoms with van der Waals surface area (Å²) in [5, 5.41) is 0. The van der Waals surface area contributed by atoms with Gasteiger partial charge < -0.3 is 4.74 Å². The number of rotatable bonds is 3. The number of halogens is 4. The smallest absolute Gasteiger partial charge is 0.403 e. The van der Waals surface area contributed by atoms with Crippen LogP contribution in [0.5, 0.6) is 5.75 Å². The van der Waals surface area contributed by atoms with Crippen LogP contribution in [-0.2, 0) is 0 Å². The van der Waals surface area contributed by atoms with Crippen molar-refractivity contribution >= 4 is 0 Å². The van der Waals surface area contributed by atoms with Gasteiger partial charge in [-0.05, 0) is 105 Å². The third kappa shape index (κ3) is 5.08. The Kier molecular flexibility index (Phi) is 6.13. The maximum atomic E-state index is 14.1. The second-order valence-electron chi connectivity index (χ2n) is 9.86. The van der Waals surface area contributed by atoms with Crippen molar-refractivity contribution in [1.82, 2.24) is 0 Å². The Bertz CT molecular complexity index is 693. The summed E-state index contributed by atoms with van der Waals surface area (Å²) in [7, 11) is 0. The first-order valence-corrected chi connectivity index (χ1v) is 11.3. The average Bonchev–Trinajstić information content (AvgIpc) is 2.68. The molecule has 0 bridgehead atoms. The predicted octanol–water partition coefficient (Wildman–Crippen LogP) is 7.85. The van der Waals surface area contributed by atoms with Crippen LogP contribution in [0.4, 0.5) is 17.6 Å². The largest absolute Gasteiger partial charge is 0.573 e. The lowest BCUT2D eigenvalue weighted by molar-refractivity contribution is -0.275. The van der Waals surface area contributed by atoms with E-state index in [1.165, 1.54) is 51.0 Å². The Balaban J connectivity index is 1.35. The molecule has 3 aliphatic carbocycles. The lowest BCUT2D eigenvalue weighted by Gasteiger charge is -2.45. The number of hydrogen-bond acceptors (Lipinski definition) is 1. The van der Waals surface area contributed by atoms with Crippen molar-refractivity contribution < 1.29 is 22.3 Å². The maximum Gasteiger partial charge on any atom is 0.573 e. The summed E-state index contributed by atoms with van der Waals surface area (Å²) in [6, 6.07) is 4.00. The first-order chi connectivity index (χ1) is 13.8. The zero-order chi connectivity index (χ0) is 20.6. The van der Waals surface area contributed by atoms with Gasteiger partial charge in [0, 0.05) is 0 Å². The van der Waals surface area contributed by atoms with E-state index in [1.807, 2.05) is 0 Å². The minimum absolute atomic E-state index is 0.248. The summed E-state index contributed by atoms with van der Waals surface area (Å²) in [4.78, 5) is 0. The van der Waals surface area contributed by atoms with Crippen LogP contribution in [0.2, 0.25) is 0 Å². The monoisotopic (exact) mass is 412 g/mol. The summed E-state index contributed by atoms with van der Waals surface area (Å²) >= 11 is 0. The Morgan fingerprint density at radius 3 is 2.03 bits per heavy atom. The van der Waals surface area contributed by atoms with Crippen LogP contribution in [0.25, 0.3) is 0 Å². The van der Waals surface area contributed by atoms with Gasteiger partial charge in [-0.2, -0.15) is 0 Å². The van der Waals surface area contributed by atoms with Crippen LogP contribution in [0.3, 0.4) is 0 Å². The topological polar surface area (TPSA) is 9.23 Å². The van der Waals surface area contributed by atoms with Crippen LogP contribution >= 0.6 is 0 Å². The Labute approximate surface area is 171 Å². The van der Waals surface area contributed by atoms with Crippen LogP contribution < -0.4 is 4.74 Å².